The number of benzene rings is 1. The maximum Gasteiger partial charge on any atom is 0.336 e. The Morgan fingerprint density at radius 2 is 1.95 bits per heavy atom. The van der Waals surface area contributed by atoms with Gasteiger partial charge in [0, 0.05) is 17.0 Å². The zero-order valence-corrected chi connectivity index (χ0v) is 12.3. The van der Waals surface area contributed by atoms with Crippen molar-refractivity contribution in [2.24, 2.45) is 5.92 Å². The number of rotatable bonds is 3. The van der Waals surface area contributed by atoms with Gasteiger partial charge in [-0.3, -0.25) is 4.79 Å². The van der Waals surface area contributed by atoms with Crippen LogP contribution in [0.25, 0.3) is 11.0 Å². The van der Waals surface area contributed by atoms with Gasteiger partial charge in [0.25, 0.3) is 0 Å². The van der Waals surface area contributed by atoms with Gasteiger partial charge in [0.15, 0.2) is 0 Å². The fraction of sp³-hybridized carbons (Fsp3) is 0.412. The quantitative estimate of drug-likeness (QED) is 0.642. The van der Waals surface area contributed by atoms with Gasteiger partial charge >= 0.3 is 11.6 Å². The highest BCUT2D eigenvalue weighted by molar-refractivity contribution is 5.82. The summed E-state index contributed by atoms with van der Waals surface area (Å²) >= 11 is 0. The third kappa shape index (κ3) is 2.71. The molecule has 1 aromatic carbocycles. The summed E-state index contributed by atoms with van der Waals surface area (Å²) in [5, 5.41) is 0.833. The van der Waals surface area contributed by atoms with Crippen LogP contribution in [0, 0.1) is 19.8 Å². The first-order valence-electron chi connectivity index (χ1n) is 7.25. The second-order valence-electron chi connectivity index (χ2n) is 5.76. The smallest absolute Gasteiger partial charge is 0.336 e. The first kappa shape index (κ1) is 13.9. The van der Waals surface area contributed by atoms with Crippen molar-refractivity contribution >= 4 is 16.9 Å². The normalized spacial score (nSPS) is 15.0. The first-order chi connectivity index (χ1) is 10.0. The van der Waals surface area contributed by atoms with E-state index in [1.807, 2.05) is 26.0 Å². The van der Waals surface area contributed by atoms with E-state index < -0.39 is 5.63 Å². The molecule has 2 aromatic rings. The van der Waals surface area contributed by atoms with E-state index in [0.29, 0.717) is 11.1 Å². The lowest BCUT2D eigenvalue weighted by atomic mass is 9.86. The van der Waals surface area contributed by atoms with Crippen LogP contribution in [0.15, 0.2) is 27.4 Å². The number of carbonyl (C=O) groups is 1. The summed E-state index contributed by atoms with van der Waals surface area (Å²) in [5.74, 6) is -0.119. The minimum absolute atomic E-state index is 0.0420. The first-order valence-corrected chi connectivity index (χ1v) is 7.25. The van der Waals surface area contributed by atoms with Crippen LogP contribution in [0.2, 0.25) is 0 Å². The van der Waals surface area contributed by atoms with Crippen LogP contribution in [0.4, 0.5) is 0 Å². The van der Waals surface area contributed by atoms with Crippen LogP contribution in [0.1, 0.15) is 36.0 Å². The molecule has 3 rings (SSSR count). The average molecular weight is 286 g/mol. The largest absolute Gasteiger partial charge is 0.461 e. The standard InChI is InChI=1S/C17H18O4/c1-10-6-14-13(9-20-17(19)12-4-3-5-12)8-16(18)21-15(14)7-11(10)2/h6-8,12H,3-5,9H2,1-2H3. The Kier molecular flexibility index (Phi) is 3.53. The van der Waals surface area contributed by atoms with Crippen LogP contribution >= 0.6 is 0 Å². The van der Waals surface area contributed by atoms with E-state index in [9.17, 15) is 9.59 Å². The number of ether oxygens (including phenoxy) is 1. The van der Waals surface area contributed by atoms with Gasteiger partial charge in [0.05, 0.1) is 5.92 Å². The summed E-state index contributed by atoms with van der Waals surface area (Å²) in [7, 11) is 0. The molecule has 0 unspecified atom stereocenters. The van der Waals surface area contributed by atoms with Gasteiger partial charge < -0.3 is 9.15 Å². The van der Waals surface area contributed by atoms with Crippen molar-refractivity contribution in [3.63, 3.8) is 0 Å². The van der Waals surface area contributed by atoms with E-state index in [-0.39, 0.29) is 18.5 Å². The van der Waals surface area contributed by atoms with Gasteiger partial charge in [-0.05, 0) is 49.9 Å². The van der Waals surface area contributed by atoms with Crippen LogP contribution in [0.5, 0.6) is 0 Å². The molecule has 0 spiro atoms. The van der Waals surface area contributed by atoms with E-state index >= 15 is 0 Å². The lowest BCUT2D eigenvalue weighted by molar-refractivity contribution is -0.152. The van der Waals surface area contributed by atoms with Crippen LogP contribution in [-0.4, -0.2) is 5.97 Å². The Morgan fingerprint density at radius 3 is 2.62 bits per heavy atom. The van der Waals surface area contributed by atoms with Gasteiger partial charge in [-0.25, -0.2) is 4.79 Å². The molecule has 1 fully saturated rings. The maximum absolute atomic E-state index is 11.8. The molecule has 1 aromatic heterocycles. The molecule has 0 N–H and O–H groups in total. The topological polar surface area (TPSA) is 56.5 Å². The summed E-state index contributed by atoms with van der Waals surface area (Å²) in [6, 6.07) is 5.23. The molecule has 1 saturated carbocycles. The molecule has 4 nitrogen and oxygen atoms in total. The van der Waals surface area contributed by atoms with E-state index in [0.717, 1.165) is 35.8 Å². The van der Waals surface area contributed by atoms with Crippen LogP contribution in [0.3, 0.4) is 0 Å². The number of hydrogen-bond donors (Lipinski definition) is 0. The summed E-state index contributed by atoms with van der Waals surface area (Å²) in [6.07, 6.45) is 2.92. The van der Waals surface area contributed by atoms with Crippen molar-refractivity contribution in [2.45, 2.75) is 39.7 Å². The van der Waals surface area contributed by atoms with E-state index in [1.165, 1.54) is 6.07 Å². The van der Waals surface area contributed by atoms with Crippen molar-refractivity contribution in [2.75, 3.05) is 0 Å². The molecule has 0 radical (unpaired) electrons. The molecule has 1 heterocycles. The molecule has 0 bridgehead atoms. The van der Waals surface area contributed by atoms with Crippen molar-refractivity contribution in [3.05, 3.63) is 45.3 Å². The molecule has 0 saturated heterocycles. The summed E-state index contributed by atoms with van der Waals surface area (Å²) in [5.41, 5.74) is 3.01. The number of fused-ring (bicyclic) bond motifs is 1. The number of carbonyl (C=O) groups excluding carboxylic acids is 1. The zero-order valence-electron chi connectivity index (χ0n) is 12.3. The Hall–Kier alpha value is -2.10. The molecular weight excluding hydrogens is 268 g/mol. The second kappa shape index (κ2) is 5.35. The van der Waals surface area contributed by atoms with E-state index in [4.69, 9.17) is 9.15 Å². The number of esters is 1. The Bertz CT molecular complexity index is 753. The molecule has 1 aliphatic rings. The Labute approximate surface area is 122 Å². The fourth-order valence-electron chi connectivity index (χ4n) is 2.51. The highest BCUT2D eigenvalue weighted by Gasteiger charge is 2.26. The molecule has 110 valence electrons. The minimum atomic E-state index is -0.416. The summed E-state index contributed by atoms with van der Waals surface area (Å²) < 4.78 is 10.6. The third-order valence-electron chi connectivity index (χ3n) is 4.25. The van der Waals surface area contributed by atoms with Gasteiger partial charge in [0.1, 0.15) is 12.2 Å². The predicted molar refractivity (Wildman–Crippen MR) is 79.1 cm³/mol. The van der Waals surface area contributed by atoms with E-state index in [1.54, 1.807) is 0 Å². The fourth-order valence-corrected chi connectivity index (χ4v) is 2.51. The lowest BCUT2D eigenvalue weighted by Crippen LogP contribution is -2.24. The number of hydrogen-bond acceptors (Lipinski definition) is 4. The SMILES string of the molecule is Cc1cc2oc(=O)cc(COC(=O)C3CCC3)c2cc1C. The molecule has 1 aliphatic carbocycles. The summed E-state index contributed by atoms with van der Waals surface area (Å²) in [4.78, 5) is 23.5. The Morgan fingerprint density at radius 1 is 1.24 bits per heavy atom. The Balaban J connectivity index is 1.91. The highest BCUT2D eigenvalue weighted by Crippen LogP contribution is 2.28. The lowest BCUT2D eigenvalue weighted by Gasteiger charge is -2.23. The van der Waals surface area contributed by atoms with Gasteiger partial charge in [-0.1, -0.05) is 6.42 Å². The zero-order chi connectivity index (χ0) is 15.0. The van der Waals surface area contributed by atoms with Crippen LogP contribution < -0.4 is 5.63 Å². The maximum atomic E-state index is 11.8. The van der Waals surface area contributed by atoms with Crippen molar-refractivity contribution < 1.29 is 13.9 Å². The molecular formula is C17H18O4. The van der Waals surface area contributed by atoms with Gasteiger partial charge in [-0.2, -0.15) is 0 Å². The van der Waals surface area contributed by atoms with Crippen molar-refractivity contribution in [1.29, 1.82) is 0 Å². The van der Waals surface area contributed by atoms with E-state index in [2.05, 4.69) is 0 Å². The van der Waals surface area contributed by atoms with Gasteiger partial charge in [0.2, 0.25) is 0 Å². The molecule has 21 heavy (non-hydrogen) atoms. The van der Waals surface area contributed by atoms with Crippen molar-refractivity contribution in [1.82, 2.24) is 0 Å². The minimum Gasteiger partial charge on any atom is -0.461 e. The third-order valence-corrected chi connectivity index (χ3v) is 4.25. The predicted octanol–water partition coefficient (Wildman–Crippen LogP) is 3.25. The molecule has 4 heteroatoms. The average Bonchev–Trinajstić information content (AvgIpc) is 2.36. The summed E-state index contributed by atoms with van der Waals surface area (Å²) in [6.45, 7) is 4.10. The molecule has 0 amide bonds. The molecule has 0 atom stereocenters. The van der Waals surface area contributed by atoms with Gasteiger partial charge in [-0.15, -0.1) is 0 Å². The molecule has 0 aliphatic heterocycles. The van der Waals surface area contributed by atoms with Crippen LogP contribution in [-0.2, 0) is 16.1 Å². The monoisotopic (exact) mass is 286 g/mol. The van der Waals surface area contributed by atoms with Crippen molar-refractivity contribution in [3.8, 4) is 0 Å². The highest BCUT2D eigenvalue weighted by atomic mass is 16.5. The second-order valence-corrected chi connectivity index (χ2v) is 5.76. The number of aryl methyl sites for hydroxylation is 2.